The first-order chi connectivity index (χ1) is 6.81. The summed E-state index contributed by atoms with van der Waals surface area (Å²) in [4.78, 5) is 2.25. The molecule has 0 spiro atoms. The summed E-state index contributed by atoms with van der Waals surface area (Å²) in [6, 6.07) is 5.85. The van der Waals surface area contributed by atoms with Crippen LogP contribution >= 0.6 is 11.6 Å². The van der Waals surface area contributed by atoms with E-state index in [4.69, 9.17) is 16.3 Å². The van der Waals surface area contributed by atoms with Gasteiger partial charge in [0.15, 0.2) is 0 Å². The van der Waals surface area contributed by atoms with Crippen LogP contribution in [0.2, 0.25) is 5.02 Å². The van der Waals surface area contributed by atoms with Crippen molar-refractivity contribution in [2.24, 2.45) is 0 Å². The van der Waals surface area contributed by atoms with Crippen LogP contribution in [0.4, 0.5) is 5.69 Å². The lowest BCUT2D eigenvalue weighted by atomic mass is 10.3. The maximum Gasteiger partial charge on any atom is 0.139 e. The summed E-state index contributed by atoms with van der Waals surface area (Å²) >= 11 is 5.94. The summed E-state index contributed by atoms with van der Waals surface area (Å²) in [5.41, 5.74) is 1.15. The van der Waals surface area contributed by atoms with Gasteiger partial charge in [0.1, 0.15) is 5.75 Å². The van der Waals surface area contributed by atoms with Crippen LogP contribution < -0.4 is 15.0 Å². The molecule has 1 heterocycles. The largest absolute Gasteiger partial charge is 0.495 e. The SMILES string of the molecule is COc1cc(N2CCNC2)ccc1Cl. The molecule has 1 saturated heterocycles. The fourth-order valence-electron chi connectivity index (χ4n) is 1.57. The van der Waals surface area contributed by atoms with Crippen LogP contribution in [0, 0.1) is 0 Å². The molecule has 14 heavy (non-hydrogen) atoms. The second-order valence-electron chi connectivity index (χ2n) is 3.24. The van der Waals surface area contributed by atoms with Crippen molar-refractivity contribution in [3.05, 3.63) is 23.2 Å². The normalized spacial score (nSPS) is 16.0. The lowest BCUT2D eigenvalue weighted by Crippen LogP contribution is -2.20. The summed E-state index contributed by atoms with van der Waals surface area (Å²) < 4.78 is 5.17. The van der Waals surface area contributed by atoms with E-state index in [1.165, 1.54) is 0 Å². The number of nitrogens with one attached hydrogen (secondary N) is 1. The predicted octanol–water partition coefficient (Wildman–Crippen LogP) is 1.72. The Morgan fingerprint density at radius 3 is 3.00 bits per heavy atom. The van der Waals surface area contributed by atoms with Crippen molar-refractivity contribution < 1.29 is 4.74 Å². The van der Waals surface area contributed by atoms with Crippen LogP contribution in [0.25, 0.3) is 0 Å². The summed E-state index contributed by atoms with van der Waals surface area (Å²) in [6.45, 7) is 2.96. The fourth-order valence-corrected chi connectivity index (χ4v) is 1.77. The van der Waals surface area contributed by atoms with Gasteiger partial charge >= 0.3 is 0 Å². The smallest absolute Gasteiger partial charge is 0.139 e. The van der Waals surface area contributed by atoms with Crippen molar-refractivity contribution in [1.29, 1.82) is 0 Å². The zero-order valence-corrected chi connectivity index (χ0v) is 8.84. The van der Waals surface area contributed by atoms with Crippen LogP contribution in [0.3, 0.4) is 0 Å². The van der Waals surface area contributed by atoms with E-state index in [2.05, 4.69) is 10.2 Å². The first kappa shape index (κ1) is 9.62. The number of ether oxygens (including phenoxy) is 1. The third-order valence-electron chi connectivity index (χ3n) is 2.36. The highest BCUT2D eigenvalue weighted by Gasteiger charge is 2.12. The Bertz CT molecular complexity index is 324. The van der Waals surface area contributed by atoms with E-state index >= 15 is 0 Å². The molecule has 0 atom stereocenters. The van der Waals surface area contributed by atoms with Crippen LogP contribution in [0.1, 0.15) is 0 Å². The van der Waals surface area contributed by atoms with Crippen LogP contribution in [-0.2, 0) is 0 Å². The molecule has 0 amide bonds. The molecule has 1 aromatic carbocycles. The van der Waals surface area contributed by atoms with E-state index in [9.17, 15) is 0 Å². The van der Waals surface area contributed by atoms with Gasteiger partial charge in [-0.25, -0.2) is 0 Å². The van der Waals surface area contributed by atoms with Crippen molar-refractivity contribution in [2.45, 2.75) is 0 Å². The summed E-state index contributed by atoms with van der Waals surface area (Å²) in [5, 5.41) is 3.93. The number of hydrogen-bond acceptors (Lipinski definition) is 3. The van der Waals surface area contributed by atoms with Crippen molar-refractivity contribution >= 4 is 17.3 Å². The molecule has 1 N–H and O–H groups in total. The zero-order valence-electron chi connectivity index (χ0n) is 8.09. The summed E-state index contributed by atoms with van der Waals surface area (Å²) in [6.07, 6.45) is 0. The number of benzene rings is 1. The molecule has 0 bridgehead atoms. The van der Waals surface area contributed by atoms with E-state index < -0.39 is 0 Å². The molecule has 76 valence electrons. The topological polar surface area (TPSA) is 24.5 Å². The predicted molar refractivity (Wildman–Crippen MR) is 58.2 cm³/mol. The van der Waals surface area contributed by atoms with Crippen LogP contribution in [0.5, 0.6) is 5.75 Å². The van der Waals surface area contributed by atoms with Gasteiger partial charge in [-0.2, -0.15) is 0 Å². The van der Waals surface area contributed by atoms with E-state index in [-0.39, 0.29) is 0 Å². The number of halogens is 1. The second kappa shape index (κ2) is 4.07. The molecule has 0 radical (unpaired) electrons. The minimum atomic E-state index is 0.656. The van der Waals surface area contributed by atoms with Gasteiger partial charge < -0.3 is 9.64 Å². The Kier molecular flexibility index (Phi) is 2.79. The van der Waals surface area contributed by atoms with Crippen LogP contribution in [-0.4, -0.2) is 26.9 Å². The first-order valence-electron chi connectivity index (χ1n) is 4.60. The molecule has 1 fully saturated rings. The van der Waals surface area contributed by atoms with Gasteiger partial charge in [-0.05, 0) is 12.1 Å². The molecule has 1 aliphatic rings. The summed E-state index contributed by atoms with van der Waals surface area (Å²) in [5.74, 6) is 0.732. The van der Waals surface area contributed by atoms with Gasteiger partial charge in [-0.1, -0.05) is 11.6 Å². The van der Waals surface area contributed by atoms with Gasteiger partial charge in [0.25, 0.3) is 0 Å². The second-order valence-corrected chi connectivity index (χ2v) is 3.65. The molecule has 1 aliphatic heterocycles. The Morgan fingerprint density at radius 1 is 1.50 bits per heavy atom. The molecule has 2 rings (SSSR count). The summed E-state index contributed by atoms with van der Waals surface area (Å²) in [7, 11) is 1.63. The molecular weight excluding hydrogens is 200 g/mol. The number of anilines is 1. The van der Waals surface area contributed by atoms with Crippen molar-refractivity contribution in [1.82, 2.24) is 5.32 Å². The monoisotopic (exact) mass is 212 g/mol. The fraction of sp³-hybridized carbons (Fsp3) is 0.400. The van der Waals surface area contributed by atoms with Crippen molar-refractivity contribution in [2.75, 3.05) is 31.8 Å². The molecule has 0 saturated carbocycles. The molecule has 3 nitrogen and oxygen atoms in total. The highest BCUT2D eigenvalue weighted by Crippen LogP contribution is 2.29. The van der Waals surface area contributed by atoms with E-state index in [0.29, 0.717) is 5.02 Å². The molecule has 1 aromatic rings. The maximum absolute atomic E-state index is 5.94. The number of nitrogens with zero attached hydrogens (tertiary/aromatic N) is 1. The third kappa shape index (κ3) is 1.79. The van der Waals surface area contributed by atoms with E-state index in [1.807, 2.05) is 18.2 Å². The average molecular weight is 213 g/mol. The number of hydrogen-bond donors (Lipinski definition) is 1. The van der Waals surface area contributed by atoms with Gasteiger partial charge in [0, 0.05) is 24.8 Å². The quantitative estimate of drug-likeness (QED) is 0.808. The molecular formula is C10H13ClN2O. The lowest BCUT2D eigenvalue weighted by molar-refractivity contribution is 0.415. The van der Waals surface area contributed by atoms with Crippen molar-refractivity contribution in [3.8, 4) is 5.75 Å². The lowest BCUT2D eigenvalue weighted by Gasteiger charge is -2.17. The van der Waals surface area contributed by atoms with Gasteiger partial charge in [-0.15, -0.1) is 0 Å². The molecule has 0 aliphatic carbocycles. The molecule has 0 aromatic heterocycles. The average Bonchev–Trinajstić information content (AvgIpc) is 2.71. The number of methoxy groups -OCH3 is 1. The molecule has 4 heteroatoms. The van der Waals surface area contributed by atoms with Crippen LogP contribution in [0.15, 0.2) is 18.2 Å². The first-order valence-corrected chi connectivity index (χ1v) is 4.98. The van der Waals surface area contributed by atoms with Gasteiger partial charge in [0.05, 0.1) is 18.8 Å². The van der Waals surface area contributed by atoms with Gasteiger partial charge in [-0.3, -0.25) is 5.32 Å². The van der Waals surface area contributed by atoms with Crippen molar-refractivity contribution in [3.63, 3.8) is 0 Å². The zero-order chi connectivity index (χ0) is 9.97. The standard InChI is InChI=1S/C10H13ClN2O/c1-14-10-6-8(2-3-9(10)11)13-5-4-12-7-13/h2-3,6,12H,4-5,7H2,1H3. The highest BCUT2D eigenvalue weighted by molar-refractivity contribution is 6.32. The minimum absolute atomic E-state index is 0.656. The van der Waals surface area contributed by atoms with E-state index in [1.54, 1.807) is 7.11 Å². The van der Waals surface area contributed by atoms with E-state index in [0.717, 1.165) is 31.2 Å². The third-order valence-corrected chi connectivity index (χ3v) is 2.67. The number of rotatable bonds is 2. The Hall–Kier alpha value is -0.930. The Balaban J connectivity index is 2.25. The molecule has 0 unspecified atom stereocenters. The Morgan fingerprint density at radius 2 is 2.36 bits per heavy atom. The maximum atomic E-state index is 5.94. The Labute approximate surface area is 88.6 Å². The minimum Gasteiger partial charge on any atom is -0.495 e. The highest BCUT2D eigenvalue weighted by atomic mass is 35.5. The van der Waals surface area contributed by atoms with Gasteiger partial charge in [0.2, 0.25) is 0 Å².